The Labute approximate surface area is 233 Å². The van der Waals surface area contributed by atoms with Crippen LogP contribution in [0, 0.1) is 5.92 Å². The van der Waals surface area contributed by atoms with Crippen LogP contribution >= 0.6 is 0 Å². The summed E-state index contributed by atoms with van der Waals surface area (Å²) in [6.45, 7) is 4.74. The summed E-state index contributed by atoms with van der Waals surface area (Å²) >= 11 is 0. The van der Waals surface area contributed by atoms with Gasteiger partial charge in [-0.15, -0.1) is 0 Å². The van der Waals surface area contributed by atoms with E-state index in [9.17, 15) is 19.2 Å². The van der Waals surface area contributed by atoms with Gasteiger partial charge in [-0.2, -0.15) is 0 Å². The highest BCUT2D eigenvalue weighted by atomic mass is 16.5. The molecule has 0 heterocycles. The van der Waals surface area contributed by atoms with E-state index >= 15 is 0 Å². The van der Waals surface area contributed by atoms with Crippen molar-refractivity contribution in [2.24, 2.45) is 5.92 Å². The first-order valence-electron chi connectivity index (χ1n) is 13.0. The van der Waals surface area contributed by atoms with Gasteiger partial charge in [0.1, 0.15) is 12.6 Å². The molecule has 0 spiro atoms. The Bertz CT molecular complexity index is 1340. The molecule has 0 aromatic heterocycles. The van der Waals surface area contributed by atoms with Crippen LogP contribution in [0.25, 0.3) is 11.1 Å². The smallest absolute Gasteiger partial charge is 0.322 e. The predicted molar refractivity (Wildman–Crippen MR) is 150 cm³/mol. The summed E-state index contributed by atoms with van der Waals surface area (Å²) in [5, 5.41) is 17.3. The molecule has 0 saturated heterocycles. The van der Waals surface area contributed by atoms with Crippen molar-refractivity contribution in [1.29, 1.82) is 0 Å². The van der Waals surface area contributed by atoms with Gasteiger partial charge in [-0.05, 0) is 60.1 Å². The Hall–Kier alpha value is -4.28. The molecule has 2 atom stereocenters. The first-order chi connectivity index (χ1) is 19.0. The second-order valence-corrected chi connectivity index (χ2v) is 10.0. The fourth-order valence-electron chi connectivity index (χ4n) is 5.00. The van der Waals surface area contributed by atoms with Crippen molar-refractivity contribution in [3.63, 3.8) is 0 Å². The fourth-order valence-corrected chi connectivity index (χ4v) is 5.00. The van der Waals surface area contributed by atoms with Crippen molar-refractivity contribution < 1.29 is 33.7 Å². The number of nitrogens with one attached hydrogen (secondary N) is 3. The maximum absolute atomic E-state index is 13.6. The van der Waals surface area contributed by atoms with Crippen molar-refractivity contribution in [3.05, 3.63) is 45.6 Å². The van der Waals surface area contributed by atoms with Gasteiger partial charge >= 0.3 is 5.97 Å². The van der Waals surface area contributed by atoms with Gasteiger partial charge in [-0.1, -0.05) is 19.9 Å². The van der Waals surface area contributed by atoms with Crippen LogP contribution in [-0.4, -0.2) is 56.8 Å². The SMILES string of the molecule is COc1cc2c(c(OC)c1OC)-c1ccc(N[C@@H](CC(C)C)C(=O)NCC(=O)O)c(=O)cc1[C@@H](NC(C)=O)CC2. The van der Waals surface area contributed by atoms with Crippen LogP contribution in [-0.2, 0) is 20.8 Å². The number of carboxylic acid groups (broad SMARTS) is 1. The molecule has 0 unspecified atom stereocenters. The molecule has 216 valence electrons. The summed E-state index contributed by atoms with van der Waals surface area (Å²) in [5.74, 6) is -0.530. The number of carbonyl (C=O) groups is 3. The lowest BCUT2D eigenvalue weighted by atomic mass is 9.95. The van der Waals surface area contributed by atoms with Gasteiger partial charge in [-0.25, -0.2) is 0 Å². The van der Waals surface area contributed by atoms with Crippen molar-refractivity contribution in [2.75, 3.05) is 33.2 Å². The molecule has 2 amide bonds. The standard InChI is InChI=1S/C29H37N3O8/c1-15(2)11-22(29(37)30-14-25(35)36)32-21-10-8-18-19(13-23(21)34)20(31-16(3)33)9-7-17-12-24(38-4)27(39-5)28(40-6)26(17)18/h8,10,12-13,15,20,22H,7,9,11,14H2,1-6H3,(H,30,37)(H,31,33)(H,32,34)(H,35,36)/t20-,22-/m0/s1. The minimum Gasteiger partial charge on any atom is -0.493 e. The van der Waals surface area contributed by atoms with Gasteiger partial charge in [0.05, 0.1) is 33.1 Å². The zero-order valence-corrected chi connectivity index (χ0v) is 23.7. The van der Waals surface area contributed by atoms with Crippen molar-refractivity contribution >= 4 is 23.5 Å². The quantitative estimate of drug-likeness (QED) is 0.328. The Morgan fingerprint density at radius 2 is 1.75 bits per heavy atom. The maximum atomic E-state index is 13.6. The highest BCUT2D eigenvalue weighted by molar-refractivity contribution is 5.88. The summed E-state index contributed by atoms with van der Waals surface area (Å²) in [6, 6.07) is 5.37. The first-order valence-corrected chi connectivity index (χ1v) is 13.0. The number of hydrogen-bond donors (Lipinski definition) is 4. The number of carbonyl (C=O) groups excluding carboxylic acids is 2. The lowest BCUT2D eigenvalue weighted by Crippen LogP contribution is -2.43. The maximum Gasteiger partial charge on any atom is 0.322 e. The van der Waals surface area contributed by atoms with E-state index in [-0.39, 0.29) is 22.9 Å². The lowest BCUT2D eigenvalue weighted by Gasteiger charge is -2.20. The van der Waals surface area contributed by atoms with Gasteiger partial charge in [0.2, 0.25) is 23.0 Å². The van der Waals surface area contributed by atoms with Gasteiger partial charge in [0.15, 0.2) is 11.5 Å². The molecule has 1 aliphatic rings. The van der Waals surface area contributed by atoms with Crippen LogP contribution in [0.1, 0.15) is 50.8 Å². The number of fused-ring (bicyclic) bond motifs is 3. The number of hydrogen-bond acceptors (Lipinski definition) is 8. The number of benzene rings is 1. The van der Waals surface area contributed by atoms with Crippen molar-refractivity contribution in [2.45, 2.75) is 52.1 Å². The largest absolute Gasteiger partial charge is 0.493 e. The first kappa shape index (κ1) is 30.3. The summed E-state index contributed by atoms with van der Waals surface area (Å²) in [4.78, 5) is 49.5. The van der Waals surface area contributed by atoms with Crippen LogP contribution in [0.4, 0.5) is 5.69 Å². The van der Waals surface area contributed by atoms with Crippen LogP contribution in [0.15, 0.2) is 29.1 Å². The van der Waals surface area contributed by atoms with Crippen LogP contribution in [0.5, 0.6) is 17.2 Å². The molecule has 11 heteroatoms. The number of rotatable bonds is 11. The molecule has 2 aromatic rings. The molecule has 0 saturated carbocycles. The summed E-state index contributed by atoms with van der Waals surface area (Å²) in [7, 11) is 4.57. The minimum absolute atomic E-state index is 0.0834. The second kappa shape index (κ2) is 13.2. The van der Waals surface area contributed by atoms with Gasteiger partial charge < -0.3 is 35.3 Å². The van der Waals surface area contributed by atoms with Crippen LogP contribution in [0.3, 0.4) is 0 Å². The van der Waals surface area contributed by atoms with E-state index in [0.717, 1.165) is 5.56 Å². The molecular formula is C29H37N3O8. The second-order valence-electron chi connectivity index (χ2n) is 10.0. The fraction of sp³-hybridized carbons (Fsp3) is 0.448. The molecule has 0 bridgehead atoms. The van der Waals surface area contributed by atoms with E-state index < -0.39 is 30.5 Å². The Balaban J connectivity index is 2.23. The van der Waals surface area contributed by atoms with E-state index in [1.165, 1.54) is 34.3 Å². The molecule has 0 radical (unpaired) electrons. The zero-order chi connectivity index (χ0) is 29.6. The molecule has 0 fully saturated rings. The normalized spacial score (nSPS) is 14.6. The van der Waals surface area contributed by atoms with E-state index in [0.29, 0.717) is 53.2 Å². The third-order valence-electron chi connectivity index (χ3n) is 6.68. The number of carboxylic acids is 1. The Kier molecular flexibility index (Phi) is 9.98. The number of aryl methyl sites for hydroxylation is 1. The average molecular weight is 556 g/mol. The van der Waals surface area contributed by atoms with Gasteiger partial charge in [0, 0.05) is 12.5 Å². The van der Waals surface area contributed by atoms with E-state index in [4.69, 9.17) is 19.3 Å². The summed E-state index contributed by atoms with van der Waals surface area (Å²) in [5.41, 5.74) is 2.62. The van der Waals surface area contributed by atoms with Crippen LogP contribution in [0.2, 0.25) is 0 Å². The van der Waals surface area contributed by atoms with Gasteiger partial charge in [0.25, 0.3) is 0 Å². The Morgan fingerprint density at radius 1 is 1.05 bits per heavy atom. The molecule has 4 N–H and O–H groups in total. The van der Waals surface area contributed by atoms with E-state index in [2.05, 4.69) is 16.0 Å². The Morgan fingerprint density at radius 3 is 2.33 bits per heavy atom. The molecular weight excluding hydrogens is 518 g/mol. The molecule has 0 aliphatic heterocycles. The zero-order valence-electron chi connectivity index (χ0n) is 23.7. The minimum atomic E-state index is -1.17. The third kappa shape index (κ3) is 6.83. The molecule has 40 heavy (non-hydrogen) atoms. The molecule has 2 aromatic carbocycles. The highest BCUT2D eigenvalue weighted by Crippen LogP contribution is 2.50. The van der Waals surface area contributed by atoms with E-state index in [1.54, 1.807) is 12.1 Å². The summed E-state index contributed by atoms with van der Waals surface area (Å²) in [6.07, 6.45) is 1.44. The summed E-state index contributed by atoms with van der Waals surface area (Å²) < 4.78 is 17.0. The number of methoxy groups -OCH3 is 3. The lowest BCUT2D eigenvalue weighted by molar-refractivity contribution is -0.138. The monoisotopic (exact) mass is 555 g/mol. The van der Waals surface area contributed by atoms with Gasteiger partial charge in [-0.3, -0.25) is 19.2 Å². The van der Waals surface area contributed by atoms with Crippen LogP contribution < -0.4 is 35.6 Å². The number of anilines is 1. The third-order valence-corrected chi connectivity index (χ3v) is 6.68. The average Bonchev–Trinajstić information content (AvgIpc) is 3.14. The topological polar surface area (TPSA) is 152 Å². The number of ether oxygens (including phenoxy) is 3. The predicted octanol–water partition coefficient (Wildman–Crippen LogP) is 2.89. The van der Waals surface area contributed by atoms with Crippen molar-refractivity contribution in [3.8, 4) is 28.4 Å². The molecule has 3 rings (SSSR count). The number of aliphatic carboxylic acids is 1. The molecule has 1 aliphatic carbocycles. The number of amides is 2. The highest BCUT2D eigenvalue weighted by Gasteiger charge is 2.30. The van der Waals surface area contributed by atoms with Crippen molar-refractivity contribution in [1.82, 2.24) is 10.6 Å². The molecule has 11 nitrogen and oxygen atoms in total. The van der Waals surface area contributed by atoms with E-state index in [1.807, 2.05) is 19.9 Å².